The lowest BCUT2D eigenvalue weighted by atomic mass is 10.2. The molecule has 0 amide bonds. The molecule has 7 nitrogen and oxygen atoms in total. The van der Waals surface area contributed by atoms with Crippen LogP contribution in [0.3, 0.4) is 0 Å². The molecule has 3 N–H and O–H groups in total. The monoisotopic (exact) mass is 307 g/mol. The summed E-state index contributed by atoms with van der Waals surface area (Å²) in [6, 6.07) is 8.17. The summed E-state index contributed by atoms with van der Waals surface area (Å²) in [6.07, 6.45) is 1.44. The molecule has 0 saturated heterocycles. The lowest BCUT2D eigenvalue weighted by Gasteiger charge is -2.08. The van der Waals surface area contributed by atoms with E-state index in [0.717, 1.165) is 5.56 Å². The molecular weight excluding hydrogens is 294 g/mol. The van der Waals surface area contributed by atoms with Crippen LogP contribution in [-0.2, 0) is 16.6 Å². The Morgan fingerprint density at radius 3 is 2.86 bits per heavy atom. The van der Waals surface area contributed by atoms with Crippen LogP contribution in [0.4, 0.5) is 5.82 Å². The number of sulfonamides is 1. The van der Waals surface area contributed by atoms with Crippen molar-refractivity contribution < 1.29 is 17.9 Å². The normalized spacial score (nSPS) is 13.3. The number of fused-ring (bicyclic) bond motifs is 1. The van der Waals surface area contributed by atoms with Crippen LogP contribution in [-0.4, -0.2) is 20.2 Å². The molecule has 0 bridgehead atoms. The first-order valence-corrected chi connectivity index (χ1v) is 7.63. The molecule has 3 rings (SSSR count). The zero-order valence-corrected chi connectivity index (χ0v) is 11.8. The van der Waals surface area contributed by atoms with Crippen molar-refractivity contribution in [2.45, 2.75) is 11.4 Å². The van der Waals surface area contributed by atoms with Gasteiger partial charge in [-0.2, -0.15) is 0 Å². The minimum absolute atomic E-state index is 0.0318. The highest BCUT2D eigenvalue weighted by molar-refractivity contribution is 7.89. The summed E-state index contributed by atoms with van der Waals surface area (Å²) in [5.41, 5.74) is 6.34. The Bertz CT molecular complexity index is 777. The van der Waals surface area contributed by atoms with Crippen LogP contribution in [0.2, 0.25) is 0 Å². The highest BCUT2D eigenvalue weighted by atomic mass is 32.2. The Balaban J connectivity index is 1.77. The zero-order chi connectivity index (χ0) is 14.9. The van der Waals surface area contributed by atoms with E-state index in [4.69, 9.17) is 15.2 Å². The second-order valence-electron chi connectivity index (χ2n) is 4.40. The van der Waals surface area contributed by atoms with Gasteiger partial charge in [-0.25, -0.2) is 18.1 Å². The number of nitrogens with one attached hydrogen (secondary N) is 1. The molecule has 0 atom stereocenters. The summed E-state index contributed by atoms with van der Waals surface area (Å²) in [5.74, 6) is 1.22. The smallest absolute Gasteiger partial charge is 0.244 e. The van der Waals surface area contributed by atoms with Gasteiger partial charge in [-0.15, -0.1) is 0 Å². The number of rotatable bonds is 4. The van der Waals surface area contributed by atoms with E-state index in [-0.39, 0.29) is 24.1 Å². The molecule has 0 radical (unpaired) electrons. The van der Waals surface area contributed by atoms with Crippen molar-refractivity contribution in [3.05, 3.63) is 42.1 Å². The number of hydrogen-bond acceptors (Lipinski definition) is 6. The third-order valence-electron chi connectivity index (χ3n) is 2.99. The van der Waals surface area contributed by atoms with Crippen LogP contribution < -0.4 is 19.9 Å². The fourth-order valence-electron chi connectivity index (χ4n) is 1.94. The lowest BCUT2D eigenvalue weighted by molar-refractivity contribution is 0.174. The van der Waals surface area contributed by atoms with Gasteiger partial charge >= 0.3 is 0 Å². The van der Waals surface area contributed by atoms with E-state index >= 15 is 0 Å². The first-order valence-electron chi connectivity index (χ1n) is 6.15. The topological polar surface area (TPSA) is 104 Å². The number of aromatic nitrogens is 1. The van der Waals surface area contributed by atoms with Gasteiger partial charge in [0.1, 0.15) is 10.7 Å². The van der Waals surface area contributed by atoms with E-state index in [1.165, 1.54) is 18.3 Å². The van der Waals surface area contributed by atoms with Gasteiger partial charge in [-0.3, -0.25) is 0 Å². The highest BCUT2D eigenvalue weighted by Gasteiger charge is 2.18. The third-order valence-corrected chi connectivity index (χ3v) is 4.44. The summed E-state index contributed by atoms with van der Waals surface area (Å²) in [7, 11) is -3.71. The molecule has 0 unspecified atom stereocenters. The molecule has 2 heterocycles. The number of ether oxygens (including phenoxy) is 2. The quantitative estimate of drug-likeness (QED) is 0.868. The second kappa shape index (κ2) is 5.23. The van der Waals surface area contributed by atoms with E-state index in [9.17, 15) is 8.42 Å². The van der Waals surface area contributed by atoms with Gasteiger partial charge < -0.3 is 15.2 Å². The predicted molar refractivity (Wildman–Crippen MR) is 75.2 cm³/mol. The molecular formula is C13H13N3O4S. The molecule has 21 heavy (non-hydrogen) atoms. The maximum Gasteiger partial charge on any atom is 0.244 e. The van der Waals surface area contributed by atoms with Crippen LogP contribution in [0.1, 0.15) is 5.56 Å². The Labute approximate surface area is 121 Å². The average molecular weight is 307 g/mol. The Morgan fingerprint density at radius 2 is 2.05 bits per heavy atom. The molecule has 8 heteroatoms. The number of anilines is 1. The second-order valence-corrected chi connectivity index (χ2v) is 6.13. The summed E-state index contributed by atoms with van der Waals surface area (Å²) >= 11 is 0. The Kier molecular flexibility index (Phi) is 3.40. The number of nitrogens with zero attached hydrogens (tertiary/aromatic N) is 1. The molecule has 2 aromatic rings. The predicted octanol–water partition coefficient (Wildman–Crippen LogP) is 0.871. The minimum Gasteiger partial charge on any atom is -0.454 e. The van der Waals surface area contributed by atoms with Crippen molar-refractivity contribution in [3.8, 4) is 11.5 Å². The molecule has 1 aliphatic rings. The van der Waals surface area contributed by atoms with Crippen molar-refractivity contribution in [1.29, 1.82) is 0 Å². The lowest BCUT2D eigenvalue weighted by Crippen LogP contribution is -2.24. The van der Waals surface area contributed by atoms with Crippen molar-refractivity contribution in [3.63, 3.8) is 0 Å². The SMILES string of the molecule is Nc1ncccc1S(=O)(=O)NCc1ccc2c(c1)OCO2. The Morgan fingerprint density at radius 1 is 1.24 bits per heavy atom. The highest BCUT2D eigenvalue weighted by Crippen LogP contribution is 2.32. The van der Waals surface area contributed by atoms with Gasteiger partial charge in [-0.1, -0.05) is 6.07 Å². The number of benzene rings is 1. The summed E-state index contributed by atoms with van der Waals surface area (Å²) in [5, 5.41) is 0. The van der Waals surface area contributed by atoms with E-state index in [1.807, 2.05) is 0 Å². The Hall–Kier alpha value is -2.32. The average Bonchev–Trinajstić information content (AvgIpc) is 2.93. The molecule has 0 saturated carbocycles. The van der Waals surface area contributed by atoms with Gasteiger partial charge in [0.15, 0.2) is 11.5 Å². The first kappa shape index (κ1) is 13.7. The number of nitrogens with two attached hydrogens (primary N) is 1. The van der Waals surface area contributed by atoms with Crippen molar-refractivity contribution in [2.75, 3.05) is 12.5 Å². The maximum absolute atomic E-state index is 12.2. The standard InChI is InChI=1S/C13H13N3O4S/c14-13-12(2-1-5-15-13)21(17,18)16-7-9-3-4-10-11(6-9)20-8-19-10/h1-6,16H,7-8H2,(H2,14,15). The van der Waals surface area contributed by atoms with Crippen LogP contribution in [0, 0.1) is 0 Å². The third kappa shape index (κ3) is 2.76. The first-order chi connectivity index (χ1) is 10.1. The van der Waals surface area contributed by atoms with Crippen molar-refractivity contribution >= 4 is 15.8 Å². The van der Waals surface area contributed by atoms with Crippen LogP contribution in [0.25, 0.3) is 0 Å². The van der Waals surface area contributed by atoms with Gasteiger partial charge in [0, 0.05) is 12.7 Å². The van der Waals surface area contributed by atoms with Crippen LogP contribution >= 0.6 is 0 Å². The fraction of sp³-hybridized carbons (Fsp3) is 0.154. The van der Waals surface area contributed by atoms with Gasteiger partial charge in [0.25, 0.3) is 0 Å². The summed E-state index contributed by atoms with van der Waals surface area (Å²) < 4.78 is 37.3. The molecule has 110 valence electrons. The van der Waals surface area contributed by atoms with Crippen molar-refractivity contribution in [2.24, 2.45) is 0 Å². The number of pyridine rings is 1. The molecule has 1 aromatic heterocycles. The molecule has 1 aromatic carbocycles. The minimum atomic E-state index is -3.71. The zero-order valence-electron chi connectivity index (χ0n) is 10.9. The van der Waals surface area contributed by atoms with E-state index in [2.05, 4.69) is 9.71 Å². The van der Waals surface area contributed by atoms with Gasteiger partial charge in [-0.05, 0) is 29.8 Å². The van der Waals surface area contributed by atoms with E-state index in [0.29, 0.717) is 11.5 Å². The molecule has 1 aliphatic heterocycles. The van der Waals surface area contributed by atoms with Gasteiger partial charge in [0.05, 0.1) is 0 Å². The fourth-order valence-corrected chi connectivity index (χ4v) is 3.03. The number of hydrogen-bond donors (Lipinski definition) is 2. The maximum atomic E-state index is 12.2. The number of nitrogen functional groups attached to an aromatic ring is 1. The molecule has 0 aliphatic carbocycles. The largest absolute Gasteiger partial charge is 0.454 e. The van der Waals surface area contributed by atoms with Crippen LogP contribution in [0.15, 0.2) is 41.4 Å². The van der Waals surface area contributed by atoms with Gasteiger partial charge in [0.2, 0.25) is 16.8 Å². The summed E-state index contributed by atoms with van der Waals surface area (Å²) in [4.78, 5) is 3.73. The molecule has 0 fully saturated rings. The van der Waals surface area contributed by atoms with Crippen molar-refractivity contribution in [1.82, 2.24) is 9.71 Å². The van der Waals surface area contributed by atoms with E-state index < -0.39 is 10.0 Å². The summed E-state index contributed by atoms with van der Waals surface area (Å²) in [6.45, 7) is 0.296. The molecule has 0 spiro atoms. The van der Waals surface area contributed by atoms with Crippen LogP contribution in [0.5, 0.6) is 11.5 Å². The van der Waals surface area contributed by atoms with E-state index in [1.54, 1.807) is 18.2 Å².